The van der Waals surface area contributed by atoms with E-state index >= 15 is 0 Å². The van der Waals surface area contributed by atoms with Gasteiger partial charge >= 0.3 is 0 Å². The summed E-state index contributed by atoms with van der Waals surface area (Å²) in [4.78, 5) is 22.0. The average Bonchev–Trinajstić information content (AvgIpc) is 3.35. The van der Waals surface area contributed by atoms with Gasteiger partial charge in [0.15, 0.2) is 5.13 Å². The van der Waals surface area contributed by atoms with Crippen LogP contribution in [0.25, 0.3) is 10.2 Å². The lowest BCUT2D eigenvalue weighted by molar-refractivity contribution is 0.0948. The molecule has 1 fully saturated rings. The van der Waals surface area contributed by atoms with E-state index in [9.17, 15) is 17.6 Å². The number of carbonyl (C=O) groups excluding carboxylic acids is 1. The van der Waals surface area contributed by atoms with Crippen molar-refractivity contribution < 1.29 is 17.6 Å². The van der Waals surface area contributed by atoms with Gasteiger partial charge in [0.1, 0.15) is 11.3 Å². The van der Waals surface area contributed by atoms with E-state index in [1.165, 1.54) is 18.2 Å². The summed E-state index contributed by atoms with van der Waals surface area (Å²) in [6.07, 6.45) is 0. The molecule has 8 nitrogen and oxygen atoms in total. The molecule has 1 amide bonds. The highest BCUT2D eigenvalue weighted by Crippen LogP contribution is 2.33. The molecular formula is C26H26Cl2FN5O3S2. The number of hydrogen-bond donors (Lipinski definition) is 2. The van der Waals surface area contributed by atoms with Crippen LogP contribution in [-0.2, 0) is 10.0 Å². The Kier molecular flexibility index (Phi) is 9.29. The molecular weight excluding hydrogens is 584 g/mol. The number of para-hydroxylation sites is 2. The van der Waals surface area contributed by atoms with E-state index in [2.05, 4.69) is 19.8 Å². The number of nitrogens with zero attached hydrogens (tertiary/aromatic N) is 3. The fourth-order valence-electron chi connectivity index (χ4n) is 4.21. The maximum absolute atomic E-state index is 13.2. The van der Waals surface area contributed by atoms with E-state index in [-0.39, 0.29) is 34.5 Å². The zero-order valence-electron chi connectivity index (χ0n) is 20.6. The molecule has 39 heavy (non-hydrogen) atoms. The molecule has 13 heteroatoms. The number of rotatable bonds is 8. The average molecular weight is 611 g/mol. The second-order valence-electron chi connectivity index (χ2n) is 8.77. The van der Waals surface area contributed by atoms with Gasteiger partial charge in [-0.3, -0.25) is 14.4 Å². The van der Waals surface area contributed by atoms with E-state index in [1.54, 1.807) is 29.5 Å². The summed E-state index contributed by atoms with van der Waals surface area (Å²) in [5, 5.41) is 4.50. The highest BCUT2D eigenvalue weighted by molar-refractivity contribution is 7.92. The first kappa shape index (κ1) is 29.0. The fraction of sp³-hybridized carbons (Fsp3) is 0.231. The Morgan fingerprint density at radius 1 is 1.00 bits per heavy atom. The quantitative estimate of drug-likeness (QED) is 0.296. The monoisotopic (exact) mass is 609 g/mol. The Balaban J connectivity index is 0.00000353. The summed E-state index contributed by atoms with van der Waals surface area (Å²) in [6, 6.07) is 16.7. The largest absolute Gasteiger partial charge is 0.351 e. The molecule has 1 aromatic heterocycles. The molecule has 4 aromatic rings. The Morgan fingerprint density at radius 2 is 1.72 bits per heavy atom. The number of fused-ring (bicyclic) bond motifs is 1. The van der Waals surface area contributed by atoms with E-state index in [0.29, 0.717) is 18.1 Å². The SMILES string of the molecule is Cl.O=C(NCCN1CCN(c2nc3c(Cl)cccc3s2)CC1)c1ccccc1NS(=O)(=O)c1ccc(F)cc1. The number of nitrogens with one attached hydrogen (secondary N) is 2. The van der Waals surface area contributed by atoms with E-state index in [4.69, 9.17) is 16.6 Å². The number of hydrogen-bond acceptors (Lipinski definition) is 7. The smallest absolute Gasteiger partial charge is 0.261 e. The number of aromatic nitrogens is 1. The first-order valence-corrected chi connectivity index (χ1v) is 14.7. The maximum Gasteiger partial charge on any atom is 0.261 e. The molecule has 0 radical (unpaired) electrons. The third kappa shape index (κ3) is 6.79. The van der Waals surface area contributed by atoms with Gasteiger partial charge in [0.25, 0.3) is 15.9 Å². The van der Waals surface area contributed by atoms with Gasteiger partial charge in [-0.15, -0.1) is 12.4 Å². The van der Waals surface area contributed by atoms with Gasteiger partial charge in [0, 0.05) is 39.3 Å². The van der Waals surface area contributed by atoms with Crippen LogP contribution in [0.3, 0.4) is 0 Å². The van der Waals surface area contributed by atoms with Crippen molar-refractivity contribution in [2.45, 2.75) is 4.90 Å². The summed E-state index contributed by atoms with van der Waals surface area (Å²) in [6.45, 7) is 4.36. The minimum atomic E-state index is -3.98. The summed E-state index contributed by atoms with van der Waals surface area (Å²) in [5.41, 5.74) is 1.19. The number of anilines is 2. The van der Waals surface area contributed by atoms with Gasteiger partial charge in [-0.1, -0.05) is 41.1 Å². The lowest BCUT2D eigenvalue weighted by Crippen LogP contribution is -2.48. The van der Waals surface area contributed by atoms with Crippen molar-refractivity contribution in [2.24, 2.45) is 0 Å². The van der Waals surface area contributed by atoms with Crippen LogP contribution in [0.1, 0.15) is 10.4 Å². The van der Waals surface area contributed by atoms with Crippen molar-refractivity contribution in [1.82, 2.24) is 15.2 Å². The molecule has 0 aliphatic carbocycles. The zero-order chi connectivity index (χ0) is 26.7. The molecule has 1 aliphatic rings. The van der Waals surface area contributed by atoms with Crippen molar-refractivity contribution in [3.63, 3.8) is 0 Å². The Hall–Kier alpha value is -2.96. The Morgan fingerprint density at radius 3 is 2.44 bits per heavy atom. The predicted molar refractivity (Wildman–Crippen MR) is 157 cm³/mol. The minimum Gasteiger partial charge on any atom is -0.351 e. The molecule has 2 heterocycles. The molecule has 0 saturated carbocycles. The van der Waals surface area contributed by atoms with Crippen LogP contribution in [0.5, 0.6) is 0 Å². The lowest BCUT2D eigenvalue weighted by atomic mass is 10.1. The van der Waals surface area contributed by atoms with Gasteiger partial charge in [-0.25, -0.2) is 17.8 Å². The third-order valence-electron chi connectivity index (χ3n) is 6.25. The van der Waals surface area contributed by atoms with Crippen molar-refractivity contribution in [2.75, 3.05) is 48.9 Å². The molecule has 5 rings (SSSR count). The summed E-state index contributed by atoms with van der Waals surface area (Å²) < 4.78 is 42.1. The Labute approximate surface area is 241 Å². The molecule has 206 valence electrons. The maximum atomic E-state index is 13.2. The van der Waals surface area contributed by atoms with Crippen LogP contribution >= 0.6 is 35.3 Å². The molecule has 0 spiro atoms. The van der Waals surface area contributed by atoms with Crippen LogP contribution in [0.4, 0.5) is 15.2 Å². The number of halogens is 3. The van der Waals surface area contributed by atoms with Crippen LogP contribution in [0, 0.1) is 5.82 Å². The molecule has 2 N–H and O–H groups in total. The van der Waals surface area contributed by atoms with E-state index in [0.717, 1.165) is 53.7 Å². The topological polar surface area (TPSA) is 94.6 Å². The first-order valence-electron chi connectivity index (χ1n) is 12.0. The third-order valence-corrected chi connectivity index (χ3v) is 9.02. The van der Waals surface area contributed by atoms with E-state index < -0.39 is 15.8 Å². The number of sulfonamides is 1. The molecule has 3 aromatic carbocycles. The first-order chi connectivity index (χ1) is 18.3. The van der Waals surface area contributed by atoms with E-state index in [1.807, 2.05) is 18.2 Å². The Bertz CT molecular complexity index is 1560. The molecule has 1 aliphatic heterocycles. The van der Waals surface area contributed by atoms with Gasteiger partial charge < -0.3 is 10.2 Å². The summed E-state index contributed by atoms with van der Waals surface area (Å²) >= 11 is 7.90. The highest BCUT2D eigenvalue weighted by Gasteiger charge is 2.21. The molecule has 0 unspecified atom stereocenters. The molecule has 1 saturated heterocycles. The van der Waals surface area contributed by atoms with Gasteiger partial charge in [-0.05, 0) is 48.5 Å². The second kappa shape index (κ2) is 12.5. The highest BCUT2D eigenvalue weighted by atomic mass is 35.5. The van der Waals surface area contributed by atoms with Crippen LogP contribution in [-0.4, -0.2) is 63.5 Å². The number of carbonyl (C=O) groups is 1. The van der Waals surface area contributed by atoms with Crippen molar-refractivity contribution in [1.29, 1.82) is 0 Å². The van der Waals surface area contributed by atoms with Crippen molar-refractivity contribution in [3.8, 4) is 0 Å². The summed E-state index contributed by atoms with van der Waals surface area (Å²) in [7, 11) is -3.98. The van der Waals surface area contributed by atoms with Crippen molar-refractivity contribution >= 4 is 72.3 Å². The number of thiazole rings is 1. The zero-order valence-corrected chi connectivity index (χ0v) is 23.8. The van der Waals surface area contributed by atoms with Gasteiger partial charge in [0.2, 0.25) is 0 Å². The predicted octanol–water partition coefficient (Wildman–Crippen LogP) is 4.86. The van der Waals surface area contributed by atoms with Crippen LogP contribution in [0.15, 0.2) is 71.6 Å². The van der Waals surface area contributed by atoms with Gasteiger partial charge in [0.05, 0.1) is 25.9 Å². The van der Waals surface area contributed by atoms with Crippen molar-refractivity contribution in [3.05, 3.63) is 83.1 Å². The van der Waals surface area contributed by atoms with Crippen LogP contribution in [0.2, 0.25) is 5.02 Å². The second-order valence-corrected chi connectivity index (χ2v) is 11.9. The summed E-state index contributed by atoms with van der Waals surface area (Å²) in [5.74, 6) is -0.917. The normalized spacial score (nSPS) is 14.2. The fourth-order valence-corrected chi connectivity index (χ4v) is 6.61. The molecule has 0 bridgehead atoms. The van der Waals surface area contributed by atoms with Gasteiger partial charge in [-0.2, -0.15) is 0 Å². The number of benzene rings is 3. The standard InChI is InChI=1S/C26H25ClFN5O3S2.ClH/c27-21-5-3-7-23-24(21)30-26(37-23)33-16-14-32(15-17-33)13-12-29-25(34)20-4-1-2-6-22(20)31-38(35,36)19-10-8-18(28)9-11-19;/h1-11,31H,12-17H2,(H,29,34);1H. The minimum absolute atomic E-state index is 0. The number of amides is 1. The number of piperazine rings is 1. The molecule has 0 atom stereocenters. The van der Waals surface area contributed by atoms with Crippen LogP contribution < -0.4 is 14.9 Å². The lowest BCUT2D eigenvalue weighted by Gasteiger charge is -2.34.